The van der Waals surface area contributed by atoms with Gasteiger partial charge in [-0.05, 0) is 67.1 Å². The second-order valence-electron chi connectivity index (χ2n) is 8.59. The van der Waals surface area contributed by atoms with Gasteiger partial charge in [0.25, 0.3) is 0 Å². The molecule has 2 heterocycles. The molecule has 3 N–H and O–H groups in total. The largest absolute Gasteiger partial charge is 0.383 e. The van der Waals surface area contributed by atoms with Gasteiger partial charge in [-0.25, -0.2) is 9.37 Å². The van der Waals surface area contributed by atoms with Crippen LogP contribution >= 0.6 is 0 Å². The molecule has 6 heteroatoms. The highest BCUT2D eigenvalue weighted by Gasteiger charge is 2.43. The number of pyridine rings is 1. The monoisotopic (exact) mass is 406 g/mol. The molecule has 0 spiro atoms. The van der Waals surface area contributed by atoms with E-state index in [1.54, 1.807) is 12.3 Å². The maximum absolute atomic E-state index is 14.6. The maximum atomic E-state index is 14.6. The van der Waals surface area contributed by atoms with Crippen LogP contribution in [0, 0.1) is 11.7 Å². The van der Waals surface area contributed by atoms with Crippen molar-refractivity contribution < 1.29 is 9.13 Å². The molecular weight excluding hydrogens is 379 g/mol. The van der Waals surface area contributed by atoms with E-state index in [0.29, 0.717) is 42.6 Å². The number of hydrogen-bond donors (Lipinski definition) is 2. The van der Waals surface area contributed by atoms with Gasteiger partial charge in [-0.3, -0.25) is 0 Å². The summed E-state index contributed by atoms with van der Waals surface area (Å²) in [5, 5.41) is 5.22. The Labute approximate surface area is 176 Å². The van der Waals surface area contributed by atoms with Crippen LogP contribution < -0.4 is 11.1 Å². The van der Waals surface area contributed by atoms with E-state index in [1.807, 2.05) is 36.4 Å². The van der Waals surface area contributed by atoms with Crippen LogP contribution in [-0.2, 0) is 17.9 Å². The number of hydrogen-bond acceptors (Lipinski definition) is 5. The topological polar surface area (TPSA) is 63.4 Å². The number of piperidine rings is 1. The predicted molar refractivity (Wildman–Crippen MR) is 118 cm³/mol. The quantitative estimate of drug-likeness (QED) is 0.643. The van der Waals surface area contributed by atoms with Crippen LogP contribution in [0.2, 0.25) is 0 Å². The van der Waals surface area contributed by atoms with E-state index in [2.05, 4.69) is 22.2 Å². The summed E-state index contributed by atoms with van der Waals surface area (Å²) in [5.41, 5.74) is 8.34. The van der Waals surface area contributed by atoms with E-state index in [1.165, 1.54) is 6.42 Å². The summed E-state index contributed by atoms with van der Waals surface area (Å²) in [4.78, 5) is 6.52. The van der Waals surface area contributed by atoms with E-state index < -0.39 is 0 Å². The van der Waals surface area contributed by atoms with Gasteiger partial charge < -0.3 is 20.7 Å². The minimum absolute atomic E-state index is 0.203. The SMILES string of the molecule is CN1CC2CC1C[C@H]2OCc1ccc(CNc2ccc3c(N)nccc3c2)c(F)c1. The number of nitrogens with one attached hydrogen (secondary N) is 1. The smallest absolute Gasteiger partial charge is 0.131 e. The molecule has 0 amide bonds. The number of likely N-dealkylation sites (tertiary alicyclic amines) is 1. The zero-order valence-electron chi connectivity index (χ0n) is 17.1. The normalized spacial score (nSPS) is 23.3. The number of anilines is 2. The van der Waals surface area contributed by atoms with Gasteiger partial charge in [-0.15, -0.1) is 0 Å². The zero-order chi connectivity index (χ0) is 20.7. The number of nitrogens with zero attached hydrogens (tertiary/aromatic N) is 2. The van der Waals surface area contributed by atoms with Crippen LogP contribution in [-0.4, -0.2) is 35.6 Å². The van der Waals surface area contributed by atoms with Gasteiger partial charge in [0.05, 0.1) is 12.7 Å². The third kappa shape index (κ3) is 3.73. The number of aromatic nitrogens is 1. The average Bonchev–Trinajstić information content (AvgIpc) is 3.31. The Morgan fingerprint density at radius 3 is 2.87 bits per heavy atom. The van der Waals surface area contributed by atoms with E-state index >= 15 is 0 Å². The molecule has 5 rings (SSSR count). The fourth-order valence-electron chi connectivity index (χ4n) is 4.87. The second kappa shape index (κ2) is 7.85. The third-order valence-corrected chi connectivity index (χ3v) is 6.61. The molecule has 1 aliphatic carbocycles. The standard InChI is InChI=1S/C24H27FN4O/c1-29-13-18-10-20(29)11-23(18)30-14-15-2-3-17(22(25)8-15)12-28-19-4-5-21-16(9-19)6-7-27-24(21)26/h2-9,18,20,23,28H,10-14H2,1H3,(H2,26,27)/t18?,20?,23-/m1/s1. The number of ether oxygens (including phenoxy) is 1. The summed E-state index contributed by atoms with van der Waals surface area (Å²) in [5.74, 6) is 0.937. The molecule has 1 saturated heterocycles. The van der Waals surface area contributed by atoms with Crippen LogP contribution in [0.25, 0.3) is 10.8 Å². The van der Waals surface area contributed by atoms with E-state index in [-0.39, 0.29) is 5.82 Å². The molecule has 2 unspecified atom stereocenters. The molecule has 5 nitrogen and oxygen atoms in total. The molecule has 1 aliphatic heterocycles. The lowest BCUT2D eigenvalue weighted by atomic mass is 10.1. The van der Waals surface area contributed by atoms with Crippen molar-refractivity contribution in [1.82, 2.24) is 9.88 Å². The lowest BCUT2D eigenvalue weighted by Crippen LogP contribution is -2.35. The van der Waals surface area contributed by atoms with Crippen molar-refractivity contribution >= 4 is 22.3 Å². The van der Waals surface area contributed by atoms with Crippen molar-refractivity contribution in [2.75, 3.05) is 24.6 Å². The van der Waals surface area contributed by atoms with Gasteiger partial charge >= 0.3 is 0 Å². The van der Waals surface area contributed by atoms with Gasteiger partial charge in [0.15, 0.2) is 0 Å². The number of halogens is 1. The van der Waals surface area contributed by atoms with Gasteiger partial charge in [-0.1, -0.05) is 12.1 Å². The van der Waals surface area contributed by atoms with E-state index in [4.69, 9.17) is 10.5 Å². The van der Waals surface area contributed by atoms with Crippen molar-refractivity contribution in [3.63, 3.8) is 0 Å². The first-order valence-corrected chi connectivity index (χ1v) is 10.5. The minimum Gasteiger partial charge on any atom is -0.383 e. The first kappa shape index (κ1) is 19.3. The molecule has 2 aliphatic rings. The van der Waals surface area contributed by atoms with Crippen LogP contribution in [0.5, 0.6) is 0 Å². The Hall–Kier alpha value is -2.70. The number of nitrogens with two attached hydrogens (primary N) is 1. The molecule has 30 heavy (non-hydrogen) atoms. The van der Waals surface area contributed by atoms with E-state index in [0.717, 1.165) is 35.0 Å². The fourth-order valence-corrected chi connectivity index (χ4v) is 4.87. The summed E-state index contributed by atoms with van der Waals surface area (Å²) in [6.45, 7) is 2.01. The highest BCUT2D eigenvalue weighted by Crippen LogP contribution is 2.38. The summed E-state index contributed by atoms with van der Waals surface area (Å²) in [7, 11) is 2.19. The summed E-state index contributed by atoms with van der Waals surface area (Å²) in [6, 6.07) is 13.9. The van der Waals surface area contributed by atoms with Gasteiger partial charge in [0, 0.05) is 42.0 Å². The van der Waals surface area contributed by atoms with Gasteiger partial charge in [0.2, 0.25) is 0 Å². The van der Waals surface area contributed by atoms with Gasteiger partial charge in [0.1, 0.15) is 11.6 Å². The Bertz CT molecular complexity index is 1070. The zero-order valence-corrected chi connectivity index (χ0v) is 17.1. The predicted octanol–water partition coefficient (Wildman–Crippen LogP) is 4.18. The summed E-state index contributed by atoms with van der Waals surface area (Å²) < 4.78 is 20.8. The molecule has 0 radical (unpaired) electrons. The fraction of sp³-hybridized carbons (Fsp3) is 0.375. The lowest BCUT2D eigenvalue weighted by molar-refractivity contribution is -0.00641. The molecule has 3 atom stereocenters. The molecular formula is C24H27FN4O. The molecule has 2 aromatic carbocycles. The lowest BCUT2D eigenvalue weighted by Gasteiger charge is -2.28. The number of fused-ring (bicyclic) bond motifs is 3. The van der Waals surface area contributed by atoms with Crippen LogP contribution in [0.3, 0.4) is 0 Å². The Morgan fingerprint density at radius 1 is 1.20 bits per heavy atom. The third-order valence-electron chi connectivity index (χ3n) is 6.61. The highest BCUT2D eigenvalue weighted by atomic mass is 19.1. The van der Waals surface area contributed by atoms with Crippen LogP contribution in [0.4, 0.5) is 15.9 Å². The number of nitrogen functional groups attached to an aromatic ring is 1. The average molecular weight is 407 g/mol. The highest BCUT2D eigenvalue weighted by molar-refractivity contribution is 5.92. The Balaban J connectivity index is 1.19. The second-order valence-corrected chi connectivity index (χ2v) is 8.59. The van der Waals surface area contributed by atoms with Crippen molar-refractivity contribution in [3.05, 3.63) is 65.6 Å². The van der Waals surface area contributed by atoms with Crippen molar-refractivity contribution in [2.24, 2.45) is 5.92 Å². The molecule has 156 valence electrons. The van der Waals surface area contributed by atoms with Crippen molar-refractivity contribution in [3.8, 4) is 0 Å². The molecule has 1 aromatic heterocycles. The number of benzene rings is 2. The maximum Gasteiger partial charge on any atom is 0.131 e. The van der Waals surface area contributed by atoms with Crippen LogP contribution in [0.15, 0.2) is 48.7 Å². The Morgan fingerprint density at radius 2 is 2.10 bits per heavy atom. The molecule has 1 saturated carbocycles. The van der Waals surface area contributed by atoms with E-state index in [9.17, 15) is 4.39 Å². The first-order valence-electron chi connectivity index (χ1n) is 10.5. The molecule has 2 bridgehead atoms. The molecule has 2 fully saturated rings. The van der Waals surface area contributed by atoms with Crippen molar-refractivity contribution in [1.29, 1.82) is 0 Å². The van der Waals surface area contributed by atoms with Crippen molar-refractivity contribution in [2.45, 2.75) is 38.1 Å². The summed E-state index contributed by atoms with van der Waals surface area (Å²) >= 11 is 0. The Kier molecular flexibility index (Phi) is 5.05. The number of rotatable bonds is 6. The van der Waals surface area contributed by atoms with Crippen LogP contribution in [0.1, 0.15) is 24.0 Å². The minimum atomic E-state index is -0.203. The summed E-state index contributed by atoms with van der Waals surface area (Å²) in [6.07, 6.45) is 4.33. The van der Waals surface area contributed by atoms with Gasteiger partial charge in [-0.2, -0.15) is 0 Å². The first-order chi connectivity index (χ1) is 14.6. The molecule has 3 aromatic rings.